The molecule has 134 valence electrons. The molecular weight excluding hydrogens is 288 g/mol. The third-order valence-electron chi connectivity index (χ3n) is 3.88. The number of carbonyl (C=O) groups is 1. The van der Waals surface area contributed by atoms with E-state index in [2.05, 4.69) is 25.2 Å². The molecule has 3 heteroatoms. The van der Waals surface area contributed by atoms with Gasteiger partial charge in [-0.05, 0) is 44.9 Å². The standard InChI is InChI=1S/C20H36O3/c1-2-3-16-19(21)17-14-12-10-8-6-4-5-7-9-11-13-15-18-20(22)23/h9,11,14,17,19,21H,2-8,10,12-13,15-16,18H2,1H3,(H,22,23)/b11-9+,17-14+/t19-/m1/s1. The topological polar surface area (TPSA) is 57.5 Å². The molecule has 0 aromatic rings. The van der Waals surface area contributed by atoms with E-state index in [1.807, 2.05) is 6.08 Å². The molecule has 0 spiro atoms. The number of carboxylic acids is 1. The second-order valence-electron chi connectivity index (χ2n) is 6.24. The van der Waals surface area contributed by atoms with Crippen LogP contribution in [0.5, 0.6) is 0 Å². The first-order chi connectivity index (χ1) is 11.2. The van der Waals surface area contributed by atoms with E-state index >= 15 is 0 Å². The van der Waals surface area contributed by atoms with Crippen LogP contribution in [0.25, 0.3) is 0 Å². The van der Waals surface area contributed by atoms with Crippen molar-refractivity contribution in [2.75, 3.05) is 0 Å². The van der Waals surface area contributed by atoms with Gasteiger partial charge in [0, 0.05) is 6.42 Å². The minimum absolute atomic E-state index is 0.253. The number of aliphatic hydroxyl groups excluding tert-OH is 1. The van der Waals surface area contributed by atoms with Gasteiger partial charge in [-0.15, -0.1) is 0 Å². The molecule has 0 aliphatic rings. The Kier molecular flexibility index (Phi) is 16.4. The molecule has 0 fully saturated rings. The number of allylic oxidation sites excluding steroid dienone is 3. The Balaban J connectivity index is 3.25. The molecule has 0 saturated heterocycles. The summed E-state index contributed by atoms with van der Waals surface area (Å²) < 4.78 is 0. The van der Waals surface area contributed by atoms with Crippen LogP contribution >= 0.6 is 0 Å². The van der Waals surface area contributed by atoms with Gasteiger partial charge in [-0.3, -0.25) is 4.79 Å². The average Bonchev–Trinajstić information content (AvgIpc) is 2.52. The third-order valence-corrected chi connectivity index (χ3v) is 3.88. The molecular formula is C20H36O3. The van der Waals surface area contributed by atoms with Gasteiger partial charge in [0.15, 0.2) is 0 Å². The highest BCUT2D eigenvalue weighted by Crippen LogP contribution is 2.09. The fraction of sp³-hybridized carbons (Fsp3) is 0.750. The van der Waals surface area contributed by atoms with E-state index in [-0.39, 0.29) is 12.5 Å². The zero-order valence-electron chi connectivity index (χ0n) is 14.9. The fourth-order valence-electron chi connectivity index (χ4n) is 2.42. The van der Waals surface area contributed by atoms with Crippen molar-refractivity contribution in [2.24, 2.45) is 0 Å². The maximum absolute atomic E-state index is 10.3. The summed E-state index contributed by atoms with van der Waals surface area (Å²) in [5.41, 5.74) is 0. The van der Waals surface area contributed by atoms with Gasteiger partial charge in [0.05, 0.1) is 6.10 Å². The number of aliphatic hydroxyl groups is 1. The van der Waals surface area contributed by atoms with Gasteiger partial charge in [0.1, 0.15) is 0 Å². The molecule has 0 aromatic carbocycles. The molecule has 23 heavy (non-hydrogen) atoms. The van der Waals surface area contributed by atoms with Crippen molar-refractivity contribution >= 4 is 5.97 Å². The summed E-state index contributed by atoms with van der Waals surface area (Å²) in [4.78, 5) is 10.3. The molecule has 0 aromatic heterocycles. The Morgan fingerprint density at radius 3 is 2.04 bits per heavy atom. The monoisotopic (exact) mass is 324 g/mol. The van der Waals surface area contributed by atoms with E-state index in [4.69, 9.17) is 5.11 Å². The average molecular weight is 325 g/mol. The second kappa shape index (κ2) is 17.3. The van der Waals surface area contributed by atoms with Crippen LogP contribution in [0.3, 0.4) is 0 Å². The summed E-state index contributed by atoms with van der Waals surface area (Å²) in [5, 5.41) is 18.2. The van der Waals surface area contributed by atoms with Crippen molar-refractivity contribution in [2.45, 2.75) is 96.5 Å². The van der Waals surface area contributed by atoms with E-state index in [0.29, 0.717) is 0 Å². The van der Waals surface area contributed by atoms with Crippen LogP contribution in [0, 0.1) is 0 Å². The summed E-state index contributed by atoms with van der Waals surface area (Å²) in [6, 6.07) is 0. The minimum atomic E-state index is -0.705. The molecule has 3 nitrogen and oxygen atoms in total. The van der Waals surface area contributed by atoms with Gasteiger partial charge < -0.3 is 10.2 Å². The maximum atomic E-state index is 10.3. The van der Waals surface area contributed by atoms with E-state index in [1.165, 1.54) is 32.1 Å². The molecule has 0 rings (SSSR count). The molecule has 0 amide bonds. The maximum Gasteiger partial charge on any atom is 0.303 e. The Bertz CT molecular complexity index is 321. The van der Waals surface area contributed by atoms with Gasteiger partial charge in [0.25, 0.3) is 0 Å². The van der Waals surface area contributed by atoms with Crippen LogP contribution < -0.4 is 0 Å². The SMILES string of the molecule is CCCC[C@@H](O)/C=C/CCCCCCC/C=C/CCCC(=O)O. The van der Waals surface area contributed by atoms with Gasteiger partial charge in [0.2, 0.25) is 0 Å². The molecule has 0 radical (unpaired) electrons. The van der Waals surface area contributed by atoms with E-state index in [0.717, 1.165) is 44.9 Å². The molecule has 0 heterocycles. The number of unbranched alkanes of at least 4 members (excludes halogenated alkanes) is 8. The minimum Gasteiger partial charge on any atom is -0.481 e. The summed E-state index contributed by atoms with van der Waals surface area (Å²) >= 11 is 0. The van der Waals surface area contributed by atoms with Crippen LogP contribution in [-0.4, -0.2) is 22.3 Å². The summed E-state index contributed by atoms with van der Waals surface area (Å²) in [7, 11) is 0. The number of carboxylic acid groups (broad SMARTS) is 1. The van der Waals surface area contributed by atoms with Crippen LogP contribution in [0.1, 0.15) is 90.4 Å². The Hall–Kier alpha value is -1.09. The highest BCUT2D eigenvalue weighted by Gasteiger charge is 1.96. The molecule has 0 saturated carbocycles. The third kappa shape index (κ3) is 18.9. The van der Waals surface area contributed by atoms with Crippen LogP contribution in [0.15, 0.2) is 24.3 Å². The lowest BCUT2D eigenvalue weighted by Crippen LogP contribution is -2.00. The first-order valence-corrected chi connectivity index (χ1v) is 9.38. The largest absolute Gasteiger partial charge is 0.481 e. The van der Waals surface area contributed by atoms with Crippen molar-refractivity contribution in [1.82, 2.24) is 0 Å². The van der Waals surface area contributed by atoms with Crippen molar-refractivity contribution in [3.63, 3.8) is 0 Å². The van der Waals surface area contributed by atoms with Crippen molar-refractivity contribution in [3.05, 3.63) is 24.3 Å². The first-order valence-electron chi connectivity index (χ1n) is 9.38. The number of hydrogen-bond acceptors (Lipinski definition) is 2. The molecule has 2 N–H and O–H groups in total. The van der Waals surface area contributed by atoms with Gasteiger partial charge in [-0.25, -0.2) is 0 Å². The lowest BCUT2D eigenvalue weighted by atomic mass is 10.1. The Morgan fingerprint density at radius 2 is 1.43 bits per heavy atom. The summed E-state index contributed by atoms with van der Waals surface area (Å²) in [6.07, 6.45) is 21.6. The molecule has 0 aliphatic heterocycles. The van der Waals surface area contributed by atoms with Gasteiger partial charge in [-0.1, -0.05) is 63.3 Å². The van der Waals surface area contributed by atoms with E-state index in [1.54, 1.807) is 0 Å². The molecule has 0 bridgehead atoms. The summed E-state index contributed by atoms with van der Waals surface area (Å²) in [5.74, 6) is -0.705. The van der Waals surface area contributed by atoms with Crippen molar-refractivity contribution in [3.8, 4) is 0 Å². The highest BCUT2D eigenvalue weighted by atomic mass is 16.4. The Labute approximate surface area is 142 Å². The number of aliphatic carboxylic acids is 1. The predicted octanol–water partition coefficient (Wildman–Crippen LogP) is 5.64. The number of rotatable bonds is 16. The Morgan fingerprint density at radius 1 is 0.870 bits per heavy atom. The second-order valence-corrected chi connectivity index (χ2v) is 6.24. The molecule has 1 atom stereocenters. The van der Waals surface area contributed by atoms with Crippen molar-refractivity contribution in [1.29, 1.82) is 0 Å². The normalized spacial score (nSPS) is 13.1. The van der Waals surface area contributed by atoms with Gasteiger partial charge in [-0.2, -0.15) is 0 Å². The first kappa shape index (κ1) is 21.9. The summed E-state index contributed by atoms with van der Waals surface area (Å²) in [6.45, 7) is 2.14. The lowest BCUT2D eigenvalue weighted by molar-refractivity contribution is -0.137. The van der Waals surface area contributed by atoms with E-state index in [9.17, 15) is 9.90 Å². The van der Waals surface area contributed by atoms with Crippen molar-refractivity contribution < 1.29 is 15.0 Å². The quantitative estimate of drug-likeness (QED) is 0.285. The highest BCUT2D eigenvalue weighted by molar-refractivity contribution is 5.66. The van der Waals surface area contributed by atoms with Crippen LogP contribution in [0.2, 0.25) is 0 Å². The van der Waals surface area contributed by atoms with Crippen LogP contribution in [0.4, 0.5) is 0 Å². The fourth-order valence-corrected chi connectivity index (χ4v) is 2.42. The van der Waals surface area contributed by atoms with E-state index < -0.39 is 5.97 Å². The predicted molar refractivity (Wildman–Crippen MR) is 97.6 cm³/mol. The molecule has 0 unspecified atom stereocenters. The van der Waals surface area contributed by atoms with Crippen LogP contribution in [-0.2, 0) is 4.79 Å². The molecule has 0 aliphatic carbocycles. The number of hydrogen-bond donors (Lipinski definition) is 2. The lowest BCUT2D eigenvalue weighted by Gasteiger charge is -2.03. The zero-order chi connectivity index (χ0) is 17.2. The smallest absolute Gasteiger partial charge is 0.303 e. The zero-order valence-corrected chi connectivity index (χ0v) is 14.9. The van der Waals surface area contributed by atoms with Gasteiger partial charge >= 0.3 is 5.97 Å².